The zero-order chi connectivity index (χ0) is 14.0. The number of rotatable bonds is 6. The van der Waals surface area contributed by atoms with Crippen LogP contribution >= 0.6 is 0 Å². The summed E-state index contributed by atoms with van der Waals surface area (Å²) in [5.41, 5.74) is 2.61. The summed E-state index contributed by atoms with van der Waals surface area (Å²) in [7, 11) is 0. The molecule has 0 aromatic rings. The summed E-state index contributed by atoms with van der Waals surface area (Å²) >= 11 is 0. The van der Waals surface area contributed by atoms with Crippen molar-refractivity contribution in [1.29, 1.82) is 0 Å². The van der Waals surface area contributed by atoms with Gasteiger partial charge in [0.15, 0.2) is 0 Å². The largest absolute Gasteiger partial charge is 0.0999 e. The Kier molecular flexibility index (Phi) is 11.8. The normalized spacial score (nSPS) is 13.6. The van der Waals surface area contributed by atoms with E-state index in [1.165, 1.54) is 30.4 Å². The fraction of sp³-hybridized carbons (Fsp3) is 0.765. The maximum absolute atomic E-state index is 3.91. The highest BCUT2D eigenvalue weighted by molar-refractivity contribution is 4.94. The summed E-state index contributed by atoms with van der Waals surface area (Å²) in [5, 5.41) is 0. The van der Waals surface area contributed by atoms with Crippen molar-refractivity contribution in [3.05, 3.63) is 24.3 Å². The standard InChI is InChI=1S/C9H18.C8H16/c1-5-6-7-9(4)8(2)3;1-6(2)8(5)7(3)4/h9H,2,5-7H2,1,3-4H3;7-8H,1H2,2-5H3. The van der Waals surface area contributed by atoms with Crippen LogP contribution in [0.25, 0.3) is 0 Å². The van der Waals surface area contributed by atoms with Crippen LogP contribution in [0.15, 0.2) is 24.3 Å². The van der Waals surface area contributed by atoms with Gasteiger partial charge < -0.3 is 0 Å². The molecule has 0 aliphatic heterocycles. The Morgan fingerprint density at radius 1 is 0.941 bits per heavy atom. The van der Waals surface area contributed by atoms with Crippen molar-refractivity contribution in [2.75, 3.05) is 0 Å². The summed E-state index contributed by atoms with van der Waals surface area (Å²) in [6, 6.07) is 0. The van der Waals surface area contributed by atoms with E-state index in [9.17, 15) is 0 Å². The van der Waals surface area contributed by atoms with Crippen molar-refractivity contribution in [1.82, 2.24) is 0 Å². The zero-order valence-electron chi connectivity index (χ0n) is 13.3. The lowest BCUT2D eigenvalue weighted by molar-refractivity contribution is 0.481. The molecule has 0 spiro atoms. The Balaban J connectivity index is 0. The minimum absolute atomic E-state index is 0.676. The molecule has 0 radical (unpaired) electrons. The highest BCUT2D eigenvalue weighted by Crippen LogP contribution is 2.16. The Hall–Kier alpha value is -0.520. The molecule has 0 bridgehead atoms. The van der Waals surface area contributed by atoms with Crippen LogP contribution in [0.1, 0.15) is 67.7 Å². The SMILES string of the molecule is C=C(C)C(C)C(C)C.C=C(C)C(C)CCCC. The van der Waals surface area contributed by atoms with Crippen LogP contribution in [-0.4, -0.2) is 0 Å². The molecule has 0 N–H and O–H groups in total. The third-order valence-electron chi connectivity index (χ3n) is 3.61. The topological polar surface area (TPSA) is 0 Å². The number of allylic oxidation sites excluding steroid dienone is 2. The molecule has 2 atom stereocenters. The lowest BCUT2D eigenvalue weighted by atomic mass is 9.92. The molecule has 0 amide bonds. The number of hydrogen-bond donors (Lipinski definition) is 0. The molecule has 0 saturated heterocycles. The predicted octanol–water partition coefficient (Wildman–Crippen LogP) is 6.24. The summed E-state index contributed by atoms with van der Waals surface area (Å²) in [6.45, 7) is 23.1. The van der Waals surface area contributed by atoms with Gasteiger partial charge in [-0.3, -0.25) is 0 Å². The molecule has 0 heteroatoms. The molecule has 0 fully saturated rings. The van der Waals surface area contributed by atoms with E-state index in [2.05, 4.69) is 61.6 Å². The fourth-order valence-corrected chi connectivity index (χ4v) is 1.33. The Bertz CT molecular complexity index is 210. The van der Waals surface area contributed by atoms with Gasteiger partial charge in [0, 0.05) is 0 Å². The third kappa shape index (κ3) is 11.7. The van der Waals surface area contributed by atoms with Crippen molar-refractivity contribution in [3.8, 4) is 0 Å². The molecular weight excluding hydrogens is 204 g/mol. The first-order valence-electron chi connectivity index (χ1n) is 7.04. The monoisotopic (exact) mass is 238 g/mol. The van der Waals surface area contributed by atoms with Gasteiger partial charge in [0.1, 0.15) is 0 Å². The van der Waals surface area contributed by atoms with E-state index in [4.69, 9.17) is 0 Å². The first kappa shape index (κ1) is 18.8. The van der Waals surface area contributed by atoms with Crippen molar-refractivity contribution in [2.45, 2.75) is 67.7 Å². The molecule has 0 heterocycles. The highest BCUT2D eigenvalue weighted by atomic mass is 14.1. The minimum Gasteiger partial charge on any atom is -0.0999 e. The number of hydrogen-bond acceptors (Lipinski definition) is 0. The van der Waals surface area contributed by atoms with E-state index >= 15 is 0 Å². The number of unbranched alkanes of at least 4 members (excludes halogenated alkanes) is 1. The van der Waals surface area contributed by atoms with Gasteiger partial charge in [-0.15, -0.1) is 0 Å². The van der Waals surface area contributed by atoms with E-state index < -0.39 is 0 Å². The average molecular weight is 238 g/mol. The fourth-order valence-electron chi connectivity index (χ4n) is 1.33. The van der Waals surface area contributed by atoms with Gasteiger partial charge in [0.2, 0.25) is 0 Å². The van der Waals surface area contributed by atoms with E-state index in [0.29, 0.717) is 5.92 Å². The molecule has 0 aliphatic carbocycles. The van der Waals surface area contributed by atoms with Gasteiger partial charge in [-0.1, -0.05) is 71.8 Å². The van der Waals surface area contributed by atoms with E-state index in [0.717, 1.165) is 11.8 Å². The lowest BCUT2D eigenvalue weighted by Crippen LogP contribution is -2.03. The van der Waals surface area contributed by atoms with Crippen LogP contribution in [-0.2, 0) is 0 Å². The molecule has 0 aromatic carbocycles. The maximum atomic E-state index is 3.91. The van der Waals surface area contributed by atoms with Crippen molar-refractivity contribution < 1.29 is 0 Å². The molecule has 0 saturated carbocycles. The summed E-state index contributed by atoms with van der Waals surface area (Å²) in [4.78, 5) is 0. The quantitative estimate of drug-likeness (QED) is 0.480. The highest BCUT2D eigenvalue weighted by Gasteiger charge is 2.05. The second-order valence-corrected chi connectivity index (χ2v) is 5.77. The molecule has 0 nitrogen and oxygen atoms in total. The average Bonchev–Trinajstić information content (AvgIpc) is 2.25. The van der Waals surface area contributed by atoms with Crippen molar-refractivity contribution >= 4 is 0 Å². The van der Waals surface area contributed by atoms with E-state index in [1.54, 1.807) is 0 Å². The van der Waals surface area contributed by atoms with Gasteiger partial charge in [-0.25, -0.2) is 0 Å². The first-order valence-corrected chi connectivity index (χ1v) is 7.04. The van der Waals surface area contributed by atoms with E-state index in [1.807, 2.05) is 0 Å². The second-order valence-electron chi connectivity index (χ2n) is 5.77. The summed E-state index contributed by atoms with van der Waals surface area (Å²) in [6.07, 6.45) is 3.96. The maximum Gasteiger partial charge on any atom is -0.0214 e. The van der Waals surface area contributed by atoms with Gasteiger partial charge in [0.05, 0.1) is 0 Å². The van der Waals surface area contributed by atoms with Gasteiger partial charge in [-0.05, 0) is 38.0 Å². The van der Waals surface area contributed by atoms with E-state index in [-0.39, 0.29) is 0 Å². The second kappa shape index (κ2) is 10.6. The van der Waals surface area contributed by atoms with Crippen LogP contribution in [0, 0.1) is 17.8 Å². The molecule has 2 unspecified atom stereocenters. The van der Waals surface area contributed by atoms with Crippen molar-refractivity contribution in [2.24, 2.45) is 17.8 Å². The smallest absolute Gasteiger partial charge is 0.0214 e. The summed E-state index contributed by atoms with van der Waals surface area (Å²) in [5.74, 6) is 2.15. The lowest BCUT2D eigenvalue weighted by Gasteiger charge is -2.13. The van der Waals surface area contributed by atoms with Crippen LogP contribution in [0.4, 0.5) is 0 Å². The van der Waals surface area contributed by atoms with Crippen LogP contribution < -0.4 is 0 Å². The molecule has 102 valence electrons. The first-order chi connectivity index (χ1) is 7.73. The van der Waals surface area contributed by atoms with Crippen LogP contribution in [0.5, 0.6) is 0 Å². The third-order valence-corrected chi connectivity index (χ3v) is 3.61. The molecular formula is C17H34. The Morgan fingerprint density at radius 3 is 1.59 bits per heavy atom. The van der Waals surface area contributed by atoms with Gasteiger partial charge >= 0.3 is 0 Å². The van der Waals surface area contributed by atoms with Crippen LogP contribution in [0.2, 0.25) is 0 Å². The zero-order valence-corrected chi connectivity index (χ0v) is 13.3. The summed E-state index contributed by atoms with van der Waals surface area (Å²) < 4.78 is 0. The molecule has 0 aromatic heterocycles. The predicted molar refractivity (Wildman–Crippen MR) is 82.3 cm³/mol. The molecule has 0 rings (SSSR count). The molecule has 17 heavy (non-hydrogen) atoms. The Labute approximate surface area is 110 Å². The van der Waals surface area contributed by atoms with Gasteiger partial charge in [0.25, 0.3) is 0 Å². The van der Waals surface area contributed by atoms with Crippen LogP contribution in [0.3, 0.4) is 0 Å². The van der Waals surface area contributed by atoms with Crippen molar-refractivity contribution in [3.63, 3.8) is 0 Å². The molecule has 0 aliphatic rings. The minimum atomic E-state index is 0.676. The van der Waals surface area contributed by atoms with Gasteiger partial charge in [-0.2, -0.15) is 0 Å². The Morgan fingerprint density at radius 2 is 1.41 bits per heavy atom.